The highest BCUT2D eigenvalue weighted by Crippen LogP contribution is 2.28. The van der Waals surface area contributed by atoms with E-state index in [0.29, 0.717) is 16.9 Å². The first-order chi connectivity index (χ1) is 11.1. The molecule has 0 saturated carbocycles. The van der Waals surface area contributed by atoms with Gasteiger partial charge in [0, 0.05) is 33.7 Å². The van der Waals surface area contributed by atoms with Crippen molar-refractivity contribution in [2.75, 3.05) is 31.6 Å². The molecular formula is C16H25BrN4O3. The Morgan fingerprint density at radius 2 is 2.17 bits per heavy atom. The zero-order valence-electron chi connectivity index (χ0n) is 14.9. The highest BCUT2D eigenvalue weighted by Gasteiger charge is 2.28. The molecule has 1 fully saturated rings. The third kappa shape index (κ3) is 4.49. The third-order valence-corrected chi connectivity index (χ3v) is 4.67. The van der Waals surface area contributed by atoms with Gasteiger partial charge in [-0.15, -0.1) is 0 Å². The summed E-state index contributed by atoms with van der Waals surface area (Å²) in [7, 11) is 3.38. The Kier molecular flexibility index (Phi) is 5.57. The summed E-state index contributed by atoms with van der Waals surface area (Å²) in [5, 5.41) is 4.09. The predicted octanol–water partition coefficient (Wildman–Crippen LogP) is 2.24. The molecule has 134 valence electrons. The Morgan fingerprint density at radius 1 is 1.50 bits per heavy atom. The van der Waals surface area contributed by atoms with E-state index in [0.717, 1.165) is 25.2 Å². The average molecular weight is 401 g/mol. The van der Waals surface area contributed by atoms with Crippen LogP contribution in [0.2, 0.25) is 0 Å². The Morgan fingerprint density at radius 3 is 2.79 bits per heavy atom. The van der Waals surface area contributed by atoms with Crippen molar-refractivity contribution in [3.05, 3.63) is 21.0 Å². The molecule has 1 saturated heterocycles. The summed E-state index contributed by atoms with van der Waals surface area (Å²) in [6.45, 7) is 7.81. The molecule has 0 radical (unpaired) electrons. The van der Waals surface area contributed by atoms with Crippen LogP contribution >= 0.6 is 15.9 Å². The van der Waals surface area contributed by atoms with Gasteiger partial charge in [-0.3, -0.25) is 4.79 Å². The van der Waals surface area contributed by atoms with E-state index in [1.807, 2.05) is 20.8 Å². The molecule has 24 heavy (non-hydrogen) atoms. The van der Waals surface area contributed by atoms with Crippen LogP contribution in [0.3, 0.4) is 0 Å². The molecule has 2 rings (SSSR count). The van der Waals surface area contributed by atoms with Gasteiger partial charge in [0.25, 0.3) is 5.56 Å². The summed E-state index contributed by atoms with van der Waals surface area (Å²) in [6.07, 6.45) is 2.35. The highest BCUT2D eigenvalue weighted by molar-refractivity contribution is 9.10. The maximum absolute atomic E-state index is 12.1. The third-order valence-electron chi connectivity index (χ3n) is 3.92. The second-order valence-corrected chi connectivity index (χ2v) is 8.03. The molecule has 1 aromatic heterocycles. The SMILES string of the molecule is CN(CC1CCN(c2cnn(C)c(=O)c2Br)C1)C(=O)OC(C)(C)C. The number of anilines is 1. The van der Waals surface area contributed by atoms with E-state index < -0.39 is 5.60 Å². The Bertz CT molecular complexity index is 668. The molecule has 1 amide bonds. The van der Waals surface area contributed by atoms with Crippen LogP contribution in [-0.4, -0.2) is 53.1 Å². The minimum Gasteiger partial charge on any atom is -0.444 e. The molecule has 0 spiro atoms. The minimum atomic E-state index is -0.492. The quantitative estimate of drug-likeness (QED) is 0.777. The molecule has 1 atom stereocenters. The van der Waals surface area contributed by atoms with Gasteiger partial charge in [0.2, 0.25) is 0 Å². The molecule has 2 heterocycles. The van der Waals surface area contributed by atoms with E-state index in [2.05, 4.69) is 25.9 Å². The number of ether oxygens (including phenoxy) is 1. The summed E-state index contributed by atoms with van der Waals surface area (Å²) in [5.74, 6) is 0.332. The van der Waals surface area contributed by atoms with E-state index in [-0.39, 0.29) is 11.7 Å². The largest absolute Gasteiger partial charge is 0.444 e. The van der Waals surface area contributed by atoms with Crippen LogP contribution in [0.4, 0.5) is 10.5 Å². The van der Waals surface area contributed by atoms with Gasteiger partial charge in [-0.05, 0) is 49.0 Å². The van der Waals surface area contributed by atoms with Gasteiger partial charge in [-0.1, -0.05) is 0 Å². The number of rotatable bonds is 3. The predicted molar refractivity (Wildman–Crippen MR) is 96.4 cm³/mol. The molecule has 1 aliphatic rings. The summed E-state index contributed by atoms with van der Waals surface area (Å²) < 4.78 is 7.21. The first-order valence-electron chi connectivity index (χ1n) is 7.99. The van der Waals surface area contributed by atoms with Crippen LogP contribution in [0.5, 0.6) is 0 Å². The second-order valence-electron chi connectivity index (χ2n) is 7.23. The first-order valence-corrected chi connectivity index (χ1v) is 8.78. The lowest BCUT2D eigenvalue weighted by Crippen LogP contribution is -2.37. The van der Waals surface area contributed by atoms with Crippen LogP contribution in [0, 0.1) is 5.92 Å². The zero-order chi connectivity index (χ0) is 18.1. The number of carbonyl (C=O) groups is 1. The lowest BCUT2D eigenvalue weighted by Gasteiger charge is -2.26. The van der Waals surface area contributed by atoms with Gasteiger partial charge in [0.05, 0.1) is 11.9 Å². The molecule has 0 aliphatic carbocycles. The van der Waals surface area contributed by atoms with E-state index in [4.69, 9.17) is 4.74 Å². The van der Waals surface area contributed by atoms with Crippen molar-refractivity contribution in [2.24, 2.45) is 13.0 Å². The van der Waals surface area contributed by atoms with Crippen LogP contribution < -0.4 is 10.5 Å². The fourth-order valence-corrected chi connectivity index (χ4v) is 3.33. The number of amides is 1. The van der Waals surface area contributed by atoms with E-state index in [1.165, 1.54) is 4.68 Å². The average Bonchev–Trinajstić information content (AvgIpc) is 2.91. The van der Waals surface area contributed by atoms with E-state index in [1.54, 1.807) is 25.2 Å². The second kappa shape index (κ2) is 7.13. The van der Waals surface area contributed by atoms with Crippen molar-refractivity contribution in [3.8, 4) is 0 Å². The topological polar surface area (TPSA) is 67.7 Å². The lowest BCUT2D eigenvalue weighted by atomic mass is 10.1. The van der Waals surface area contributed by atoms with Gasteiger partial charge >= 0.3 is 6.09 Å². The standard InChI is InChI=1S/C16H25BrN4O3/c1-16(2,3)24-15(23)19(4)9-11-6-7-21(10-11)12-8-18-20(5)14(22)13(12)17/h8,11H,6-7,9-10H2,1-5H3. The summed E-state index contributed by atoms with van der Waals surface area (Å²) in [6, 6.07) is 0. The summed E-state index contributed by atoms with van der Waals surface area (Å²) in [4.78, 5) is 27.8. The van der Waals surface area contributed by atoms with Gasteiger partial charge in [-0.25, -0.2) is 9.48 Å². The number of hydrogen-bond donors (Lipinski definition) is 0. The normalized spacial score (nSPS) is 17.9. The molecule has 1 aromatic rings. The van der Waals surface area contributed by atoms with Gasteiger partial charge < -0.3 is 14.5 Å². The van der Waals surface area contributed by atoms with Crippen molar-refractivity contribution < 1.29 is 9.53 Å². The fourth-order valence-electron chi connectivity index (χ4n) is 2.72. The number of aromatic nitrogens is 2. The molecule has 7 nitrogen and oxygen atoms in total. The monoisotopic (exact) mass is 400 g/mol. The number of hydrogen-bond acceptors (Lipinski definition) is 5. The van der Waals surface area contributed by atoms with Crippen molar-refractivity contribution >= 4 is 27.7 Å². The van der Waals surface area contributed by atoms with E-state index >= 15 is 0 Å². The molecular weight excluding hydrogens is 376 g/mol. The van der Waals surface area contributed by atoms with Gasteiger partial charge in [0.1, 0.15) is 10.1 Å². The molecule has 8 heteroatoms. The van der Waals surface area contributed by atoms with Gasteiger partial charge in [0.15, 0.2) is 0 Å². The molecule has 0 N–H and O–H groups in total. The molecule has 1 unspecified atom stereocenters. The lowest BCUT2D eigenvalue weighted by molar-refractivity contribution is 0.0277. The summed E-state index contributed by atoms with van der Waals surface area (Å²) in [5.41, 5.74) is 0.163. The van der Waals surface area contributed by atoms with Crippen molar-refractivity contribution in [2.45, 2.75) is 32.8 Å². The number of aryl methyl sites for hydroxylation is 1. The maximum Gasteiger partial charge on any atom is 0.410 e. The molecule has 0 aromatic carbocycles. The number of nitrogens with zero attached hydrogens (tertiary/aromatic N) is 4. The fraction of sp³-hybridized carbons (Fsp3) is 0.688. The van der Waals surface area contributed by atoms with Crippen molar-refractivity contribution in [3.63, 3.8) is 0 Å². The molecule has 0 bridgehead atoms. The van der Waals surface area contributed by atoms with Crippen LogP contribution in [0.15, 0.2) is 15.5 Å². The first kappa shape index (κ1) is 18.8. The zero-order valence-corrected chi connectivity index (χ0v) is 16.5. The van der Waals surface area contributed by atoms with Crippen LogP contribution in [0.1, 0.15) is 27.2 Å². The van der Waals surface area contributed by atoms with Crippen LogP contribution in [-0.2, 0) is 11.8 Å². The summed E-state index contributed by atoms with van der Waals surface area (Å²) >= 11 is 3.37. The number of halogens is 1. The highest BCUT2D eigenvalue weighted by atomic mass is 79.9. The maximum atomic E-state index is 12.1. The Labute approximate surface area is 150 Å². The molecule has 1 aliphatic heterocycles. The Hall–Kier alpha value is -1.57. The van der Waals surface area contributed by atoms with E-state index in [9.17, 15) is 9.59 Å². The van der Waals surface area contributed by atoms with Crippen molar-refractivity contribution in [1.82, 2.24) is 14.7 Å². The minimum absolute atomic E-state index is 0.151. The smallest absolute Gasteiger partial charge is 0.410 e. The number of carbonyl (C=O) groups excluding carboxylic acids is 1. The van der Waals surface area contributed by atoms with Crippen LogP contribution in [0.25, 0.3) is 0 Å². The van der Waals surface area contributed by atoms with Crippen molar-refractivity contribution in [1.29, 1.82) is 0 Å². The van der Waals surface area contributed by atoms with Gasteiger partial charge in [-0.2, -0.15) is 5.10 Å². The Balaban J connectivity index is 1.97.